The number of unbranched alkanes of at least 4 members (excludes halogenated alkanes) is 3. The van der Waals surface area contributed by atoms with E-state index in [1.54, 1.807) is 0 Å². The van der Waals surface area contributed by atoms with Gasteiger partial charge in [0.1, 0.15) is 5.78 Å². The van der Waals surface area contributed by atoms with Gasteiger partial charge >= 0.3 is 0 Å². The first-order valence-electron chi connectivity index (χ1n) is 11.9. The third kappa shape index (κ3) is 5.68. The Balaban J connectivity index is 1.78. The number of hydrogen-bond acceptors (Lipinski definition) is 2. The Morgan fingerprint density at radius 2 is 1.60 bits per heavy atom. The first kappa shape index (κ1) is 22.5. The molecule has 160 valence electrons. The summed E-state index contributed by atoms with van der Waals surface area (Å²) < 4.78 is 0. The number of ketones is 2. The zero-order chi connectivity index (χ0) is 21.3. The van der Waals surface area contributed by atoms with Crippen molar-refractivity contribution in [3.63, 3.8) is 0 Å². The Labute approximate surface area is 182 Å². The molecule has 1 aliphatic carbocycles. The molecule has 0 aliphatic heterocycles. The van der Waals surface area contributed by atoms with Crippen molar-refractivity contribution in [2.45, 2.75) is 77.6 Å². The Hall–Kier alpha value is -2.22. The van der Waals surface area contributed by atoms with Crippen LogP contribution in [0.1, 0.15) is 83.1 Å². The van der Waals surface area contributed by atoms with Crippen molar-refractivity contribution in [3.8, 4) is 11.1 Å². The van der Waals surface area contributed by atoms with Gasteiger partial charge in [-0.05, 0) is 41.9 Å². The highest BCUT2D eigenvalue weighted by atomic mass is 16.2. The zero-order valence-electron chi connectivity index (χ0n) is 18.6. The van der Waals surface area contributed by atoms with Crippen LogP contribution in [0.4, 0.5) is 0 Å². The lowest BCUT2D eigenvalue weighted by atomic mass is 9.73. The van der Waals surface area contributed by atoms with Gasteiger partial charge in [0, 0.05) is 12.3 Å². The minimum absolute atomic E-state index is 0.154. The van der Waals surface area contributed by atoms with Crippen LogP contribution in [0.5, 0.6) is 0 Å². The van der Waals surface area contributed by atoms with E-state index in [9.17, 15) is 9.59 Å². The molecule has 3 unspecified atom stereocenters. The summed E-state index contributed by atoms with van der Waals surface area (Å²) in [4.78, 5) is 26.2. The Morgan fingerprint density at radius 3 is 2.23 bits per heavy atom. The number of benzene rings is 2. The smallest absolute Gasteiger partial charge is 0.150 e. The SMILES string of the molecule is CCCCCCC(C(=O)C1CCC(CC)CC1=O)c1ccc(-c2ccccc2)cc1. The highest BCUT2D eigenvalue weighted by Gasteiger charge is 2.36. The van der Waals surface area contributed by atoms with Gasteiger partial charge in [-0.2, -0.15) is 0 Å². The molecule has 3 rings (SSSR count). The molecule has 0 aromatic heterocycles. The van der Waals surface area contributed by atoms with Gasteiger partial charge in [-0.25, -0.2) is 0 Å². The summed E-state index contributed by atoms with van der Waals surface area (Å²) in [6.07, 6.45) is 8.80. The molecule has 2 aromatic carbocycles. The number of carbonyl (C=O) groups excluding carboxylic acids is 2. The molecule has 0 radical (unpaired) electrons. The van der Waals surface area contributed by atoms with Crippen molar-refractivity contribution < 1.29 is 9.59 Å². The molecular weight excluding hydrogens is 368 g/mol. The quantitative estimate of drug-likeness (QED) is 0.306. The van der Waals surface area contributed by atoms with E-state index in [2.05, 4.69) is 50.2 Å². The second kappa shape index (κ2) is 11.2. The average molecular weight is 405 g/mol. The number of carbonyl (C=O) groups is 2. The minimum Gasteiger partial charge on any atom is -0.299 e. The maximum Gasteiger partial charge on any atom is 0.150 e. The highest BCUT2D eigenvalue weighted by molar-refractivity contribution is 6.05. The van der Waals surface area contributed by atoms with E-state index in [4.69, 9.17) is 0 Å². The molecule has 0 spiro atoms. The summed E-state index contributed by atoms with van der Waals surface area (Å²) >= 11 is 0. The average Bonchev–Trinajstić information content (AvgIpc) is 2.79. The Kier molecular flexibility index (Phi) is 8.42. The van der Waals surface area contributed by atoms with E-state index in [1.165, 1.54) is 18.4 Å². The number of Topliss-reactive ketones (excluding diaryl/α,β-unsaturated/α-hetero) is 2. The molecule has 2 aromatic rings. The van der Waals surface area contributed by atoms with E-state index >= 15 is 0 Å². The summed E-state index contributed by atoms with van der Waals surface area (Å²) in [5.41, 5.74) is 3.42. The summed E-state index contributed by atoms with van der Waals surface area (Å²) in [5, 5.41) is 0. The van der Waals surface area contributed by atoms with Crippen LogP contribution in [0.15, 0.2) is 54.6 Å². The lowest BCUT2D eigenvalue weighted by Gasteiger charge is -2.29. The number of rotatable bonds is 10. The molecule has 0 N–H and O–H groups in total. The summed E-state index contributed by atoms with van der Waals surface area (Å²) in [6, 6.07) is 18.8. The fraction of sp³-hybridized carbons (Fsp3) is 0.500. The maximum absolute atomic E-state index is 13.5. The summed E-state index contributed by atoms with van der Waals surface area (Å²) in [5.74, 6) is 0.266. The van der Waals surface area contributed by atoms with Gasteiger partial charge < -0.3 is 0 Å². The molecule has 0 amide bonds. The normalized spacial score (nSPS) is 20.1. The molecule has 3 atom stereocenters. The van der Waals surface area contributed by atoms with Crippen LogP contribution in [0.2, 0.25) is 0 Å². The van der Waals surface area contributed by atoms with E-state index in [1.807, 2.05) is 18.2 Å². The highest BCUT2D eigenvalue weighted by Crippen LogP contribution is 2.35. The Morgan fingerprint density at radius 1 is 0.900 bits per heavy atom. The fourth-order valence-corrected chi connectivity index (χ4v) is 4.77. The van der Waals surface area contributed by atoms with Crippen LogP contribution in [0, 0.1) is 11.8 Å². The van der Waals surface area contributed by atoms with Crippen molar-refractivity contribution >= 4 is 11.6 Å². The maximum atomic E-state index is 13.5. The third-order valence-corrected chi connectivity index (χ3v) is 6.77. The summed E-state index contributed by atoms with van der Waals surface area (Å²) in [6.45, 7) is 4.35. The van der Waals surface area contributed by atoms with Gasteiger partial charge in [-0.3, -0.25) is 9.59 Å². The van der Waals surface area contributed by atoms with Gasteiger partial charge in [-0.15, -0.1) is 0 Å². The molecule has 0 bridgehead atoms. The second-order valence-corrected chi connectivity index (χ2v) is 8.87. The molecule has 2 heteroatoms. The molecule has 1 aliphatic rings. The van der Waals surface area contributed by atoms with Crippen molar-refractivity contribution in [1.29, 1.82) is 0 Å². The van der Waals surface area contributed by atoms with Crippen LogP contribution in [0.25, 0.3) is 11.1 Å². The molecule has 0 heterocycles. The van der Waals surface area contributed by atoms with E-state index in [0.717, 1.165) is 49.7 Å². The largest absolute Gasteiger partial charge is 0.299 e. The third-order valence-electron chi connectivity index (χ3n) is 6.77. The molecule has 1 fully saturated rings. The molecular formula is C28H36O2. The monoisotopic (exact) mass is 404 g/mol. The van der Waals surface area contributed by atoms with E-state index in [0.29, 0.717) is 12.3 Å². The zero-order valence-corrected chi connectivity index (χ0v) is 18.6. The van der Waals surface area contributed by atoms with Crippen molar-refractivity contribution in [2.24, 2.45) is 11.8 Å². The van der Waals surface area contributed by atoms with Crippen molar-refractivity contribution in [1.82, 2.24) is 0 Å². The van der Waals surface area contributed by atoms with Crippen LogP contribution < -0.4 is 0 Å². The summed E-state index contributed by atoms with van der Waals surface area (Å²) in [7, 11) is 0. The number of hydrogen-bond donors (Lipinski definition) is 0. The minimum atomic E-state index is -0.391. The van der Waals surface area contributed by atoms with Crippen LogP contribution in [-0.2, 0) is 9.59 Å². The van der Waals surface area contributed by atoms with Gasteiger partial charge in [0.2, 0.25) is 0 Å². The standard InChI is InChI=1S/C28H36O2/c1-3-5-6-10-13-25(28(30)26-19-14-21(4-2)20-27(26)29)24-17-15-23(16-18-24)22-11-8-7-9-12-22/h7-9,11-12,15-18,21,25-26H,3-6,10,13-14,19-20H2,1-2H3. The molecule has 0 saturated heterocycles. The van der Waals surface area contributed by atoms with Crippen LogP contribution in [-0.4, -0.2) is 11.6 Å². The predicted octanol–water partition coefficient (Wildman–Crippen LogP) is 7.37. The lowest BCUT2D eigenvalue weighted by molar-refractivity contribution is -0.136. The van der Waals surface area contributed by atoms with E-state index < -0.39 is 5.92 Å². The van der Waals surface area contributed by atoms with Gasteiger partial charge in [0.15, 0.2) is 5.78 Å². The topological polar surface area (TPSA) is 34.1 Å². The van der Waals surface area contributed by atoms with Gasteiger partial charge in [-0.1, -0.05) is 101 Å². The predicted molar refractivity (Wildman–Crippen MR) is 125 cm³/mol. The van der Waals surface area contributed by atoms with Crippen LogP contribution >= 0.6 is 0 Å². The van der Waals surface area contributed by atoms with E-state index in [-0.39, 0.29) is 17.5 Å². The molecule has 2 nitrogen and oxygen atoms in total. The van der Waals surface area contributed by atoms with Gasteiger partial charge in [0.25, 0.3) is 0 Å². The first-order chi connectivity index (χ1) is 14.6. The molecule has 30 heavy (non-hydrogen) atoms. The first-order valence-corrected chi connectivity index (χ1v) is 11.9. The van der Waals surface area contributed by atoms with Crippen molar-refractivity contribution in [3.05, 3.63) is 60.2 Å². The lowest BCUT2D eigenvalue weighted by Crippen LogP contribution is -2.34. The van der Waals surface area contributed by atoms with Crippen molar-refractivity contribution in [2.75, 3.05) is 0 Å². The van der Waals surface area contributed by atoms with Gasteiger partial charge in [0.05, 0.1) is 5.92 Å². The Bertz CT molecular complexity index is 806. The second-order valence-electron chi connectivity index (χ2n) is 8.87. The molecule has 1 saturated carbocycles. The van der Waals surface area contributed by atoms with Crippen LogP contribution in [0.3, 0.4) is 0 Å². The fourth-order valence-electron chi connectivity index (χ4n) is 4.77.